The highest BCUT2D eigenvalue weighted by molar-refractivity contribution is 4.78. The van der Waals surface area contributed by atoms with Gasteiger partial charge in [0.2, 0.25) is 0 Å². The van der Waals surface area contributed by atoms with E-state index in [9.17, 15) is 0 Å². The lowest BCUT2D eigenvalue weighted by Crippen LogP contribution is -2.51. The van der Waals surface area contributed by atoms with Gasteiger partial charge in [0.1, 0.15) is 0 Å². The van der Waals surface area contributed by atoms with Crippen LogP contribution < -0.4 is 5.32 Å². The molecule has 0 aromatic carbocycles. The molecule has 2 aliphatic rings. The van der Waals surface area contributed by atoms with Crippen LogP contribution in [0.25, 0.3) is 0 Å². The minimum absolute atomic E-state index is 0.511. The van der Waals surface area contributed by atoms with Crippen LogP contribution in [0.1, 0.15) is 33.1 Å². The number of rotatable bonds is 6. The number of nitrogens with zero attached hydrogens (tertiary/aromatic N) is 2. The largest absolute Gasteiger partial charge is 0.378 e. The van der Waals surface area contributed by atoms with Crippen LogP contribution in [0.2, 0.25) is 0 Å². The molecule has 0 amide bonds. The number of likely N-dealkylation sites (N-methyl/N-ethyl adjacent to an activating group) is 1. The standard InChI is InChI=1S/C15H31N3O/c1-3-18-11-10-17(13-14(18)2)9-4-12-19-15-5-7-16-8-6-15/h14-16H,3-13H2,1-2H3. The minimum Gasteiger partial charge on any atom is -0.378 e. The van der Waals surface area contributed by atoms with E-state index in [4.69, 9.17) is 4.74 Å². The molecule has 1 unspecified atom stereocenters. The lowest BCUT2D eigenvalue weighted by molar-refractivity contribution is 0.0222. The molecule has 1 atom stereocenters. The molecule has 2 aliphatic heterocycles. The third-order valence-corrected chi connectivity index (χ3v) is 4.51. The molecular weight excluding hydrogens is 238 g/mol. The van der Waals surface area contributed by atoms with E-state index >= 15 is 0 Å². The van der Waals surface area contributed by atoms with Crippen molar-refractivity contribution in [2.45, 2.75) is 45.3 Å². The number of ether oxygens (including phenoxy) is 1. The van der Waals surface area contributed by atoms with Crippen molar-refractivity contribution in [1.82, 2.24) is 15.1 Å². The van der Waals surface area contributed by atoms with Crippen molar-refractivity contribution < 1.29 is 4.74 Å². The summed E-state index contributed by atoms with van der Waals surface area (Å²) in [4.78, 5) is 5.17. The van der Waals surface area contributed by atoms with Gasteiger partial charge in [0.15, 0.2) is 0 Å². The second-order valence-electron chi connectivity index (χ2n) is 5.95. The zero-order valence-electron chi connectivity index (χ0n) is 12.7. The second kappa shape index (κ2) is 8.20. The van der Waals surface area contributed by atoms with Crippen LogP contribution in [-0.4, -0.2) is 74.4 Å². The van der Waals surface area contributed by atoms with Gasteiger partial charge in [-0.2, -0.15) is 0 Å². The monoisotopic (exact) mass is 269 g/mol. The Kier molecular flexibility index (Phi) is 6.57. The van der Waals surface area contributed by atoms with E-state index in [2.05, 4.69) is 29.0 Å². The van der Waals surface area contributed by atoms with Gasteiger partial charge >= 0.3 is 0 Å². The van der Waals surface area contributed by atoms with E-state index in [1.807, 2.05) is 0 Å². The summed E-state index contributed by atoms with van der Waals surface area (Å²) in [6.45, 7) is 13.9. The van der Waals surface area contributed by atoms with Crippen molar-refractivity contribution in [2.24, 2.45) is 0 Å². The van der Waals surface area contributed by atoms with E-state index in [0.29, 0.717) is 12.1 Å². The summed E-state index contributed by atoms with van der Waals surface area (Å²) in [5, 5.41) is 3.38. The van der Waals surface area contributed by atoms with Gasteiger partial charge in [-0.25, -0.2) is 0 Å². The Hall–Kier alpha value is -0.160. The first kappa shape index (κ1) is 15.2. The van der Waals surface area contributed by atoms with Gasteiger partial charge in [-0.3, -0.25) is 4.90 Å². The maximum Gasteiger partial charge on any atom is 0.0599 e. The van der Waals surface area contributed by atoms with Crippen LogP contribution in [0, 0.1) is 0 Å². The molecule has 0 bridgehead atoms. The smallest absolute Gasteiger partial charge is 0.0599 e. The van der Waals surface area contributed by atoms with E-state index < -0.39 is 0 Å². The summed E-state index contributed by atoms with van der Waals surface area (Å²) in [7, 11) is 0. The molecule has 0 aromatic rings. The first-order valence-corrected chi connectivity index (χ1v) is 8.08. The molecule has 1 N–H and O–H groups in total. The number of hydrogen-bond acceptors (Lipinski definition) is 4. The van der Waals surface area contributed by atoms with Gasteiger partial charge in [-0.05, 0) is 45.8 Å². The van der Waals surface area contributed by atoms with Gasteiger partial charge < -0.3 is 15.0 Å². The maximum atomic E-state index is 5.97. The van der Waals surface area contributed by atoms with E-state index in [-0.39, 0.29) is 0 Å². The third-order valence-electron chi connectivity index (χ3n) is 4.51. The van der Waals surface area contributed by atoms with Crippen molar-refractivity contribution in [3.63, 3.8) is 0 Å². The Morgan fingerprint density at radius 3 is 2.68 bits per heavy atom. The van der Waals surface area contributed by atoms with Gasteiger partial charge in [-0.15, -0.1) is 0 Å². The molecule has 4 heteroatoms. The van der Waals surface area contributed by atoms with E-state index in [1.54, 1.807) is 0 Å². The number of piperazine rings is 1. The summed E-state index contributed by atoms with van der Waals surface area (Å²) in [6.07, 6.45) is 4.07. The molecule has 19 heavy (non-hydrogen) atoms. The molecule has 0 aromatic heterocycles. The van der Waals surface area contributed by atoms with Crippen LogP contribution in [0.5, 0.6) is 0 Å². The summed E-state index contributed by atoms with van der Waals surface area (Å²) >= 11 is 0. The van der Waals surface area contributed by atoms with Crippen LogP contribution >= 0.6 is 0 Å². The molecular formula is C15H31N3O. The minimum atomic E-state index is 0.511. The Balaban J connectivity index is 1.53. The van der Waals surface area contributed by atoms with E-state index in [1.165, 1.54) is 52.0 Å². The van der Waals surface area contributed by atoms with Crippen molar-refractivity contribution in [2.75, 3.05) is 52.4 Å². The molecule has 2 saturated heterocycles. The van der Waals surface area contributed by atoms with Crippen molar-refractivity contribution in [1.29, 1.82) is 0 Å². The molecule has 0 radical (unpaired) electrons. The SMILES string of the molecule is CCN1CCN(CCCOC2CCNCC2)CC1C. The Morgan fingerprint density at radius 1 is 1.21 bits per heavy atom. The fourth-order valence-corrected chi connectivity index (χ4v) is 3.24. The van der Waals surface area contributed by atoms with Gasteiger partial charge in [0.25, 0.3) is 0 Å². The predicted molar refractivity (Wildman–Crippen MR) is 79.6 cm³/mol. The normalized spacial score (nSPS) is 27.8. The lowest BCUT2D eigenvalue weighted by atomic mass is 10.1. The Morgan fingerprint density at radius 2 is 2.00 bits per heavy atom. The number of nitrogens with one attached hydrogen (secondary N) is 1. The van der Waals surface area contributed by atoms with Crippen LogP contribution in [0.4, 0.5) is 0 Å². The van der Waals surface area contributed by atoms with Gasteiger partial charge in [0, 0.05) is 38.8 Å². The summed E-state index contributed by atoms with van der Waals surface area (Å²) in [5.74, 6) is 0. The van der Waals surface area contributed by atoms with Crippen molar-refractivity contribution in [3.05, 3.63) is 0 Å². The highest BCUT2D eigenvalue weighted by atomic mass is 16.5. The molecule has 4 nitrogen and oxygen atoms in total. The molecule has 2 rings (SSSR count). The first-order chi connectivity index (χ1) is 9.29. The Bertz CT molecular complexity index is 244. The number of hydrogen-bond donors (Lipinski definition) is 1. The number of piperidine rings is 1. The zero-order chi connectivity index (χ0) is 13.5. The summed E-state index contributed by atoms with van der Waals surface area (Å²) in [6, 6.07) is 0.712. The van der Waals surface area contributed by atoms with E-state index in [0.717, 1.165) is 19.7 Å². The third kappa shape index (κ3) is 5.03. The highest BCUT2D eigenvalue weighted by Gasteiger charge is 2.21. The van der Waals surface area contributed by atoms with Crippen LogP contribution in [0.3, 0.4) is 0 Å². The van der Waals surface area contributed by atoms with Crippen molar-refractivity contribution >= 4 is 0 Å². The first-order valence-electron chi connectivity index (χ1n) is 8.08. The molecule has 0 spiro atoms. The average molecular weight is 269 g/mol. The van der Waals surface area contributed by atoms with Crippen molar-refractivity contribution in [3.8, 4) is 0 Å². The van der Waals surface area contributed by atoms with Crippen LogP contribution in [-0.2, 0) is 4.74 Å². The highest BCUT2D eigenvalue weighted by Crippen LogP contribution is 2.10. The summed E-state index contributed by atoms with van der Waals surface area (Å²) in [5.41, 5.74) is 0. The van der Waals surface area contributed by atoms with Crippen LogP contribution in [0.15, 0.2) is 0 Å². The van der Waals surface area contributed by atoms with Gasteiger partial charge in [0.05, 0.1) is 6.10 Å². The lowest BCUT2D eigenvalue weighted by Gasteiger charge is -2.39. The summed E-state index contributed by atoms with van der Waals surface area (Å²) < 4.78 is 5.97. The second-order valence-corrected chi connectivity index (χ2v) is 5.95. The quantitative estimate of drug-likeness (QED) is 0.733. The molecule has 2 heterocycles. The average Bonchev–Trinajstić information content (AvgIpc) is 2.45. The maximum absolute atomic E-state index is 5.97. The topological polar surface area (TPSA) is 27.7 Å². The predicted octanol–water partition coefficient (Wildman–Crippen LogP) is 1.17. The van der Waals surface area contributed by atoms with Gasteiger partial charge in [-0.1, -0.05) is 6.92 Å². The molecule has 2 fully saturated rings. The molecule has 112 valence electrons. The Labute approximate surface area is 118 Å². The zero-order valence-corrected chi connectivity index (χ0v) is 12.7. The molecule has 0 aliphatic carbocycles. The fraction of sp³-hybridized carbons (Fsp3) is 1.00. The fourth-order valence-electron chi connectivity index (χ4n) is 3.24. The molecule has 0 saturated carbocycles.